The first kappa shape index (κ1) is 24.3. The lowest BCUT2D eigenvalue weighted by atomic mass is 10.0. The van der Waals surface area contributed by atoms with Crippen LogP contribution in [-0.2, 0) is 4.74 Å². The molecule has 26 heavy (non-hydrogen) atoms. The largest absolute Gasteiger partial charge is 0.370 e. The van der Waals surface area contributed by atoms with Gasteiger partial charge in [-0.3, -0.25) is 0 Å². The molecule has 0 unspecified atom stereocenters. The maximum Gasteiger partial charge on any atom is 0.102 e. The minimum Gasteiger partial charge on any atom is -0.370 e. The fourth-order valence-corrected chi connectivity index (χ4v) is 4.98. The van der Waals surface area contributed by atoms with E-state index in [4.69, 9.17) is 4.74 Å². The molecular formula is C23H48NOS+. The summed E-state index contributed by atoms with van der Waals surface area (Å²) in [6, 6.07) is 0. The molecule has 1 heterocycles. The van der Waals surface area contributed by atoms with Crippen molar-refractivity contribution >= 4 is 11.8 Å². The fraction of sp³-hybridized carbons (Fsp3) is 1.00. The maximum absolute atomic E-state index is 5.48. The first-order valence-electron chi connectivity index (χ1n) is 11.8. The van der Waals surface area contributed by atoms with Gasteiger partial charge in [0.25, 0.3) is 0 Å². The smallest absolute Gasteiger partial charge is 0.102 e. The third kappa shape index (κ3) is 14.3. The Labute approximate surface area is 169 Å². The number of hydrogen-bond donors (Lipinski definition) is 0. The molecule has 0 aromatic rings. The summed E-state index contributed by atoms with van der Waals surface area (Å²) >= 11 is 2.17. The van der Waals surface area contributed by atoms with Crippen LogP contribution in [0, 0.1) is 0 Å². The minimum absolute atomic E-state index is 0.958. The van der Waals surface area contributed by atoms with E-state index < -0.39 is 0 Å². The Kier molecular flexibility index (Phi) is 16.2. The van der Waals surface area contributed by atoms with E-state index in [0.717, 1.165) is 13.2 Å². The first-order valence-corrected chi connectivity index (χ1v) is 12.9. The topological polar surface area (TPSA) is 9.23 Å². The fourth-order valence-electron chi connectivity index (χ4n) is 3.79. The van der Waals surface area contributed by atoms with Gasteiger partial charge in [-0.1, -0.05) is 90.4 Å². The summed E-state index contributed by atoms with van der Waals surface area (Å²) in [6.07, 6.45) is 20.4. The third-order valence-electron chi connectivity index (χ3n) is 5.97. The van der Waals surface area contributed by atoms with Crippen molar-refractivity contribution in [3.8, 4) is 0 Å². The van der Waals surface area contributed by atoms with Gasteiger partial charge in [0.2, 0.25) is 0 Å². The monoisotopic (exact) mass is 386 g/mol. The van der Waals surface area contributed by atoms with Crippen LogP contribution in [0.15, 0.2) is 0 Å². The van der Waals surface area contributed by atoms with Gasteiger partial charge >= 0.3 is 0 Å². The van der Waals surface area contributed by atoms with Gasteiger partial charge in [-0.15, -0.1) is 0 Å². The number of unbranched alkanes of at least 4 members (excludes halogenated alkanes) is 13. The number of nitrogens with zero attached hydrogens (tertiary/aromatic N) is 1. The highest BCUT2D eigenvalue weighted by atomic mass is 32.2. The van der Waals surface area contributed by atoms with E-state index >= 15 is 0 Å². The van der Waals surface area contributed by atoms with Gasteiger partial charge in [-0.05, 0) is 12.2 Å². The van der Waals surface area contributed by atoms with Gasteiger partial charge in [0.15, 0.2) is 0 Å². The zero-order chi connectivity index (χ0) is 18.8. The van der Waals surface area contributed by atoms with Crippen molar-refractivity contribution in [3.05, 3.63) is 0 Å². The second-order valence-corrected chi connectivity index (χ2v) is 9.84. The van der Waals surface area contributed by atoms with Crippen molar-refractivity contribution in [2.24, 2.45) is 0 Å². The molecule has 0 atom stereocenters. The van der Waals surface area contributed by atoms with Gasteiger partial charge in [-0.2, -0.15) is 11.8 Å². The molecule has 0 amide bonds. The summed E-state index contributed by atoms with van der Waals surface area (Å²) in [5.41, 5.74) is 0. The molecule has 1 fully saturated rings. The number of hydrogen-bond acceptors (Lipinski definition) is 2. The van der Waals surface area contributed by atoms with E-state index in [2.05, 4.69) is 25.7 Å². The summed E-state index contributed by atoms with van der Waals surface area (Å²) in [5.74, 6) is 2.70. The molecular weight excluding hydrogens is 338 g/mol. The van der Waals surface area contributed by atoms with Crippen LogP contribution in [0.1, 0.15) is 96.8 Å². The lowest BCUT2D eigenvalue weighted by molar-refractivity contribution is -0.914. The van der Waals surface area contributed by atoms with Crippen LogP contribution in [-0.4, -0.2) is 55.9 Å². The second kappa shape index (κ2) is 17.4. The van der Waals surface area contributed by atoms with Crippen LogP contribution in [0.4, 0.5) is 0 Å². The molecule has 0 saturated carbocycles. The molecule has 156 valence electrons. The summed E-state index contributed by atoms with van der Waals surface area (Å²) in [4.78, 5) is 0. The Morgan fingerprint density at radius 2 is 1.12 bits per heavy atom. The lowest BCUT2D eigenvalue weighted by Crippen LogP contribution is -2.53. The van der Waals surface area contributed by atoms with E-state index in [0.29, 0.717) is 0 Å². The summed E-state index contributed by atoms with van der Waals surface area (Å²) in [6.45, 7) is 7.96. The average molecular weight is 387 g/mol. The normalized spacial score (nSPS) is 16.8. The Morgan fingerprint density at radius 1 is 0.654 bits per heavy atom. The molecule has 0 radical (unpaired) electrons. The number of morpholine rings is 1. The standard InChI is InChI=1S/C23H48NOS/c1-3-4-5-6-7-8-9-10-11-12-13-14-15-16-22-26-23-19-24(2)17-20-25-21-18-24/h3-23H2,1-2H3/q+1. The summed E-state index contributed by atoms with van der Waals surface area (Å²) < 4.78 is 6.71. The molecule has 0 N–H and O–H groups in total. The first-order chi connectivity index (χ1) is 12.8. The van der Waals surface area contributed by atoms with E-state index in [9.17, 15) is 0 Å². The quantitative estimate of drug-likeness (QED) is 0.192. The molecule has 1 saturated heterocycles. The van der Waals surface area contributed by atoms with Crippen LogP contribution in [0.5, 0.6) is 0 Å². The Bertz CT molecular complexity index is 292. The molecule has 3 heteroatoms. The second-order valence-electron chi connectivity index (χ2n) is 8.61. The molecule has 2 nitrogen and oxygen atoms in total. The van der Waals surface area contributed by atoms with Gasteiger partial charge in [0, 0.05) is 5.75 Å². The molecule has 0 aromatic heterocycles. The Balaban J connectivity index is 1.71. The molecule has 0 aromatic carbocycles. The van der Waals surface area contributed by atoms with E-state index in [1.54, 1.807) is 0 Å². The molecule has 1 aliphatic heterocycles. The Hall–Kier alpha value is 0.270. The zero-order valence-corrected chi connectivity index (χ0v) is 18.9. The molecule has 0 aliphatic carbocycles. The highest BCUT2D eigenvalue weighted by Crippen LogP contribution is 2.15. The van der Waals surface area contributed by atoms with Crippen LogP contribution in [0.3, 0.4) is 0 Å². The van der Waals surface area contributed by atoms with E-state index in [-0.39, 0.29) is 0 Å². The van der Waals surface area contributed by atoms with Crippen LogP contribution in [0.25, 0.3) is 0 Å². The van der Waals surface area contributed by atoms with Gasteiger partial charge in [-0.25, -0.2) is 0 Å². The number of thioether (sulfide) groups is 1. The van der Waals surface area contributed by atoms with E-state index in [1.165, 1.54) is 126 Å². The predicted molar refractivity (Wildman–Crippen MR) is 119 cm³/mol. The van der Waals surface area contributed by atoms with Crippen molar-refractivity contribution in [2.75, 3.05) is 51.4 Å². The highest BCUT2D eigenvalue weighted by molar-refractivity contribution is 7.99. The average Bonchev–Trinajstić information content (AvgIpc) is 2.65. The SMILES string of the molecule is CCCCCCCCCCCCCCCCSCC[N+]1(C)CCOCC1. The van der Waals surface area contributed by atoms with Gasteiger partial charge < -0.3 is 9.22 Å². The third-order valence-corrected chi connectivity index (χ3v) is 7.02. The number of ether oxygens (including phenoxy) is 1. The minimum atomic E-state index is 0.958. The predicted octanol–water partition coefficient (Wildman–Crippen LogP) is 6.68. The highest BCUT2D eigenvalue weighted by Gasteiger charge is 2.24. The number of quaternary nitrogens is 1. The van der Waals surface area contributed by atoms with Crippen molar-refractivity contribution in [1.82, 2.24) is 0 Å². The number of likely N-dealkylation sites (N-methyl/N-ethyl adjacent to an activating group) is 1. The number of rotatable bonds is 18. The van der Waals surface area contributed by atoms with Crippen molar-refractivity contribution in [2.45, 2.75) is 96.8 Å². The van der Waals surface area contributed by atoms with Gasteiger partial charge in [0.05, 0.1) is 26.8 Å². The van der Waals surface area contributed by atoms with Crippen molar-refractivity contribution in [3.63, 3.8) is 0 Å². The Morgan fingerprint density at radius 3 is 1.62 bits per heavy atom. The van der Waals surface area contributed by atoms with Gasteiger partial charge in [0.1, 0.15) is 13.1 Å². The van der Waals surface area contributed by atoms with Crippen LogP contribution >= 0.6 is 11.8 Å². The zero-order valence-electron chi connectivity index (χ0n) is 18.1. The maximum atomic E-state index is 5.48. The summed E-state index contributed by atoms with van der Waals surface area (Å²) in [7, 11) is 2.40. The van der Waals surface area contributed by atoms with Crippen LogP contribution in [0.2, 0.25) is 0 Å². The molecule has 0 bridgehead atoms. The van der Waals surface area contributed by atoms with Crippen LogP contribution < -0.4 is 0 Å². The summed E-state index contributed by atoms with van der Waals surface area (Å²) in [5, 5.41) is 0. The van der Waals surface area contributed by atoms with Crippen molar-refractivity contribution in [1.29, 1.82) is 0 Å². The van der Waals surface area contributed by atoms with Crippen molar-refractivity contribution < 1.29 is 9.22 Å². The molecule has 1 aliphatic rings. The van der Waals surface area contributed by atoms with E-state index in [1.807, 2.05) is 0 Å². The molecule has 1 rings (SSSR count). The lowest BCUT2D eigenvalue weighted by Gasteiger charge is -2.37. The molecule has 0 spiro atoms.